The first-order chi connectivity index (χ1) is 25.7. The standard InChI is InChI=1S/C20H22ClF3N2O2.C12H16ClNO.C8H10BrNO.ClH/c1-19(28-16-4-2-15(21)3-5-16)8-10-26(11-9-19)12-13-27-17-6-7-18(25-14-17)20(22,23)24;1-12(6-8-14-9-7-12)15-11-4-2-10(13)3-5-11;1-7-2-3-8(6-10-7)11-5-4-9;/h2-7,14H,8-13H2,1H3;2-5,14H,6-9H2,1H3;2-3,6H,4-5H2,1H3;1H. The third-order valence-electron chi connectivity index (χ3n) is 8.86. The molecule has 15 heteroatoms. The Hall–Kier alpha value is -3.00. The van der Waals surface area contributed by atoms with Crippen LogP contribution in [-0.4, -0.2) is 77.3 Å². The number of pyridine rings is 2. The Morgan fingerprint density at radius 3 is 1.64 bits per heavy atom. The van der Waals surface area contributed by atoms with Crippen molar-refractivity contribution in [2.24, 2.45) is 0 Å². The molecule has 0 spiro atoms. The number of nitrogens with one attached hydrogen (secondary N) is 1. The summed E-state index contributed by atoms with van der Waals surface area (Å²) in [5.41, 5.74) is -0.172. The van der Waals surface area contributed by atoms with E-state index in [0.29, 0.717) is 30.5 Å². The Morgan fingerprint density at radius 2 is 1.18 bits per heavy atom. The summed E-state index contributed by atoms with van der Waals surface area (Å²) in [6.45, 7) is 11.8. The largest absolute Gasteiger partial charge is 0.491 e. The van der Waals surface area contributed by atoms with E-state index in [1.165, 1.54) is 6.07 Å². The highest BCUT2D eigenvalue weighted by Gasteiger charge is 2.33. The quantitative estimate of drug-likeness (QED) is 0.149. The van der Waals surface area contributed by atoms with Gasteiger partial charge in [-0.25, -0.2) is 4.98 Å². The average molecular weight is 893 g/mol. The van der Waals surface area contributed by atoms with Gasteiger partial charge >= 0.3 is 6.18 Å². The zero-order chi connectivity index (χ0) is 39.0. The molecule has 4 aromatic rings. The minimum absolute atomic E-state index is 0. The molecule has 2 aromatic carbocycles. The number of halogens is 7. The number of alkyl halides is 4. The summed E-state index contributed by atoms with van der Waals surface area (Å²) < 4.78 is 60.5. The molecule has 0 radical (unpaired) electrons. The maximum absolute atomic E-state index is 12.5. The molecule has 8 nitrogen and oxygen atoms in total. The van der Waals surface area contributed by atoms with Gasteiger partial charge in [-0.3, -0.25) is 9.88 Å². The van der Waals surface area contributed by atoms with Crippen molar-refractivity contribution in [3.8, 4) is 23.0 Å². The predicted octanol–water partition coefficient (Wildman–Crippen LogP) is 10.5. The van der Waals surface area contributed by atoms with Crippen molar-refractivity contribution in [1.82, 2.24) is 20.2 Å². The molecular formula is C40H49BrCl3F3N4O4. The van der Waals surface area contributed by atoms with Crippen molar-refractivity contribution in [3.63, 3.8) is 0 Å². The third-order valence-corrected chi connectivity index (χ3v) is 9.69. The Morgan fingerprint density at radius 1 is 0.709 bits per heavy atom. The van der Waals surface area contributed by atoms with Crippen molar-refractivity contribution in [1.29, 1.82) is 0 Å². The number of piperidine rings is 2. The topological polar surface area (TPSA) is 78.0 Å². The van der Waals surface area contributed by atoms with E-state index in [0.717, 1.165) is 97.4 Å². The van der Waals surface area contributed by atoms with E-state index < -0.39 is 11.9 Å². The Labute approximate surface area is 346 Å². The van der Waals surface area contributed by atoms with Crippen LogP contribution >= 0.6 is 51.5 Å². The number of hydrogen-bond donors (Lipinski definition) is 1. The van der Waals surface area contributed by atoms with Crippen LogP contribution in [0.1, 0.15) is 50.9 Å². The summed E-state index contributed by atoms with van der Waals surface area (Å²) >= 11 is 15.0. The van der Waals surface area contributed by atoms with Crippen molar-refractivity contribution >= 4 is 51.5 Å². The van der Waals surface area contributed by atoms with Crippen LogP contribution in [0.2, 0.25) is 10.0 Å². The van der Waals surface area contributed by atoms with E-state index in [2.05, 4.69) is 50.0 Å². The fourth-order valence-electron chi connectivity index (χ4n) is 5.61. The highest BCUT2D eigenvalue weighted by atomic mass is 79.9. The molecule has 1 N–H and O–H groups in total. The van der Waals surface area contributed by atoms with E-state index in [1.54, 1.807) is 6.20 Å². The molecule has 0 unspecified atom stereocenters. The molecule has 2 aliphatic heterocycles. The first-order valence-electron chi connectivity index (χ1n) is 17.8. The normalized spacial score (nSPS) is 16.2. The van der Waals surface area contributed by atoms with Gasteiger partial charge in [0.05, 0.1) is 19.0 Å². The van der Waals surface area contributed by atoms with Crippen LogP contribution in [0, 0.1) is 6.92 Å². The summed E-state index contributed by atoms with van der Waals surface area (Å²) in [5, 5.41) is 5.61. The number of ether oxygens (including phenoxy) is 4. The summed E-state index contributed by atoms with van der Waals surface area (Å²) in [4.78, 5) is 9.74. The number of hydrogen-bond acceptors (Lipinski definition) is 8. The van der Waals surface area contributed by atoms with E-state index in [1.807, 2.05) is 67.6 Å². The van der Waals surface area contributed by atoms with E-state index >= 15 is 0 Å². The highest BCUT2D eigenvalue weighted by Crippen LogP contribution is 2.30. The minimum Gasteiger partial charge on any atom is -0.491 e. The summed E-state index contributed by atoms with van der Waals surface area (Å²) in [5.74, 6) is 2.87. The van der Waals surface area contributed by atoms with Gasteiger partial charge in [0.25, 0.3) is 0 Å². The average Bonchev–Trinajstić information content (AvgIpc) is 3.15. The zero-order valence-electron chi connectivity index (χ0n) is 31.2. The van der Waals surface area contributed by atoms with Gasteiger partial charge in [-0.2, -0.15) is 13.2 Å². The van der Waals surface area contributed by atoms with Crippen molar-refractivity contribution < 1.29 is 32.1 Å². The van der Waals surface area contributed by atoms with Crippen LogP contribution in [0.4, 0.5) is 13.2 Å². The van der Waals surface area contributed by atoms with E-state index in [-0.39, 0.29) is 23.6 Å². The molecule has 55 heavy (non-hydrogen) atoms. The van der Waals surface area contributed by atoms with Gasteiger partial charge in [-0.1, -0.05) is 39.1 Å². The van der Waals surface area contributed by atoms with Gasteiger partial charge in [0, 0.05) is 40.7 Å². The number of benzene rings is 2. The molecule has 6 rings (SSSR count). The lowest BCUT2D eigenvalue weighted by Crippen LogP contribution is -2.47. The molecule has 0 atom stereocenters. The number of aromatic nitrogens is 2. The fraction of sp³-hybridized carbons (Fsp3) is 0.450. The van der Waals surface area contributed by atoms with Gasteiger partial charge < -0.3 is 24.3 Å². The molecule has 0 amide bonds. The highest BCUT2D eigenvalue weighted by molar-refractivity contribution is 9.09. The van der Waals surface area contributed by atoms with Crippen molar-refractivity contribution in [3.05, 3.63) is 107 Å². The predicted molar refractivity (Wildman–Crippen MR) is 219 cm³/mol. The minimum atomic E-state index is -4.44. The van der Waals surface area contributed by atoms with Crippen LogP contribution in [0.3, 0.4) is 0 Å². The second-order valence-corrected chi connectivity index (χ2v) is 15.2. The van der Waals surface area contributed by atoms with Crippen molar-refractivity contribution in [2.75, 3.05) is 51.3 Å². The molecule has 302 valence electrons. The number of aryl methyl sites for hydroxylation is 1. The number of rotatable bonds is 11. The molecule has 0 bridgehead atoms. The van der Waals surface area contributed by atoms with Gasteiger partial charge in [-0.05, 0) is 132 Å². The third kappa shape index (κ3) is 16.9. The molecule has 4 heterocycles. The van der Waals surface area contributed by atoms with Gasteiger partial charge in [0.2, 0.25) is 0 Å². The summed E-state index contributed by atoms with van der Waals surface area (Å²) in [6.07, 6.45) is 2.25. The molecule has 0 saturated carbocycles. The van der Waals surface area contributed by atoms with Gasteiger partial charge in [0.1, 0.15) is 46.5 Å². The monoisotopic (exact) mass is 890 g/mol. The number of nitrogens with zero attached hydrogens (tertiary/aromatic N) is 3. The molecule has 2 aliphatic rings. The van der Waals surface area contributed by atoms with E-state index in [4.69, 9.17) is 42.1 Å². The van der Waals surface area contributed by atoms with Crippen LogP contribution < -0.4 is 24.3 Å². The molecule has 0 aliphatic carbocycles. The fourth-order valence-corrected chi connectivity index (χ4v) is 6.02. The Balaban J connectivity index is 0.000000251. The first kappa shape index (κ1) is 46.4. The first-order valence-corrected chi connectivity index (χ1v) is 19.7. The van der Waals surface area contributed by atoms with Crippen LogP contribution in [-0.2, 0) is 6.18 Å². The van der Waals surface area contributed by atoms with E-state index in [9.17, 15) is 13.2 Å². The second kappa shape index (κ2) is 22.7. The maximum atomic E-state index is 12.5. The van der Waals surface area contributed by atoms with Crippen molar-refractivity contribution in [2.45, 2.75) is 63.8 Å². The molecule has 2 fully saturated rings. The smallest absolute Gasteiger partial charge is 0.433 e. The number of likely N-dealkylation sites (tertiary alicyclic amines) is 1. The SMILES string of the molecule is CC1(Oc2ccc(Cl)cc2)CCN(CCOc2ccc(C(F)(F)F)nc2)CC1.CC1(Oc2ccc(Cl)cc2)CCNCC1.Cc1ccc(OCCBr)cn1.Cl. The van der Waals surface area contributed by atoms with Crippen LogP contribution in [0.5, 0.6) is 23.0 Å². The zero-order valence-corrected chi connectivity index (χ0v) is 35.1. The van der Waals surface area contributed by atoms with Gasteiger partial charge in [-0.15, -0.1) is 12.4 Å². The second-order valence-electron chi connectivity index (χ2n) is 13.5. The lowest BCUT2D eigenvalue weighted by Gasteiger charge is -2.39. The summed E-state index contributed by atoms with van der Waals surface area (Å²) in [6, 6.07) is 21.0. The van der Waals surface area contributed by atoms with Crippen LogP contribution in [0.15, 0.2) is 85.2 Å². The maximum Gasteiger partial charge on any atom is 0.433 e. The summed E-state index contributed by atoms with van der Waals surface area (Å²) in [7, 11) is 0. The molecular weight excluding hydrogens is 844 g/mol. The Kier molecular flexibility index (Phi) is 19.1. The lowest BCUT2D eigenvalue weighted by molar-refractivity contribution is -0.141. The molecule has 2 saturated heterocycles. The lowest BCUT2D eigenvalue weighted by atomic mass is 9.93. The van der Waals surface area contributed by atoms with Gasteiger partial charge in [0.15, 0.2) is 0 Å². The van der Waals surface area contributed by atoms with Crippen LogP contribution in [0.25, 0.3) is 0 Å². The Bertz CT molecular complexity index is 1660. The molecule has 2 aromatic heterocycles.